The third-order valence-corrected chi connectivity index (χ3v) is 5.95. The number of aryl methyl sites for hydroxylation is 1. The fraction of sp³-hybridized carbons (Fsp3) is 0.500. The molecule has 8 nitrogen and oxygen atoms in total. The Bertz CT molecular complexity index is 893. The number of hydrogen-bond acceptors (Lipinski definition) is 5. The van der Waals surface area contributed by atoms with Crippen molar-refractivity contribution < 1.29 is 9.59 Å². The van der Waals surface area contributed by atoms with Crippen molar-refractivity contribution in [2.75, 3.05) is 26.2 Å². The summed E-state index contributed by atoms with van der Waals surface area (Å²) in [6.45, 7) is 5.25. The topological polar surface area (TPSA) is 96.5 Å². The van der Waals surface area contributed by atoms with E-state index in [0.717, 1.165) is 30.6 Å². The predicted molar refractivity (Wildman–Crippen MR) is 114 cm³/mol. The van der Waals surface area contributed by atoms with Crippen LogP contribution in [0.1, 0.15) is 30.4 Å². The zero-order chi connectivity index (χ0) is 21.1. The average molecular weight is 411 g/mol. The molecular weight excluding hydrogens is 380 g/mol. The first kappa shape index (κ1) is 20.6. The number of amides is 2. The number of nitrogens with two attached hydrogens (primary N) is 1. The van der Waals surface area contributed by atoms with Gasteiger partial charge in [-0.1, -0.05) is 17.7 Å². The normalized spacial score (nSPS) is 22.1. The second-order valence-electron chi connectivity index (χ2n) is 8.26. The number of hydrogen-bond donors (Lipinski definition) is 2. The second-order valence-corrected chi connectivity index (χ2v) is 8.26. The maximum absolute atomic E-state index is 12.8. The molecule has 2 saturated heterocycles. The van der Waals surface area contributed by atoms with Crippen molar-refractivity contribution in [3.63, 3.8) is 0 Å². The minimum Gasteiger partial charge on any atom is -0.342 e. The molecule has 3 N–H and O–H groups in total. The van der Waals surface area contributed by atoms with Gasteiger partial charge < -0.3 is 16.0 Å². The molecule has 2 atom stereocenters. The number of fused-ring (bicyclic) bond motifs is 1. The van der Waals surface area contributed by atoms with Crippen LogP contribution in [0.5, 0.6) is 0 Å². The lowest BCUT2D eigenvalue weighted by Crippen LogP contribution is -2.69. The van der Waals surface area contributed by atoms with E-state index < -0.39 is 12.1 Å². The fourth-order valence-electron chi connectivity index (χ4n) is 4.23. The maximum atomic E-state index is 12.8. The largest absolute Gasteiger partial charge is 0.342 e. The maximum Gasteiger partial charge on any atom is 0.245 e. The molecule has 2 amide bonds. The van der Waals surface area contributed by atoms with Gasteiger partial charge in [-0.15, -0.1) is 0 Å². The van der Waals surface area contributed by atoms with E-state index >= 15 is 0 Å². The smallest absolute Gasteiger partial charge is 0.245 e. The Morgan fingerprint density at radius 3 is 2.73 bits per heavy atom. The first-order chi connectivity index (χ1) is 14.5. The van der Waals surface area contributed by atoms with Gasteiger partial charge in [-0.3, -0.25) is 14.5 Å². The van der Waals surface area contributed by atoms with Crippen molar-refractivity contribution in [3.05, 3.63) is 47.8 Å². The fourth-order valence-corrected chi connectivity index (χ4v) is 4.23. The minimum atomic E-state index is -0.413. The van der Waals surface area contributed by atoms with Crippen LogP contribution in [-0.4, -0.2) is 69.7 Å². The Morgan fingerprint density at radius 1 is 1.17 bits per heavy atom. The average Bonchev–Trinajstić information content (AvgIpc) is 3.20. The lowest BCUT2D eigenvalue weighted by Gasteiger charge is -2.45. The van der Waals surface area contributed by atoms with Crippen molar-refractivity contribution in [3.8, 4) is 5.69 Å². The monoisotopic (exact) mass is 410 g/mol. The van der Waals surface area contributed by atoms with Crippen LogP contribution >= 0.6 is 0 Å². The number of aromatic nitrogens is 2. The molecule has 4 rings (SSSR count). The SMILES string of the molecule is Cc1ccc(-n2cc(CN3CCN4C(=O)[C@H](CCCCN)NC(=O)[C@H]4C3)cn2)cc1. The third-order valence-electron chi connectivity index (χ3n) is 5.95. The van der Waals surface area contributed by atoms with Gasteiger partial charge in [-0.2, -0.15) is 5.10 Å². The lowest BCUT2D eigenvalue weighted by molar-refractivity contribution is -0.153. The number of unbranched alkanes of at least 4 members (excludes halogenated alkanes) is 1. The highest BCUT2D eigenvalue weighted by molar-refractivity contribution is 5.97. The van der Waals surface area contributed by atoms with E-state index in [9.17, 15) is 9.59 Å². The molecule has 0 aliphatic carbocycles. The highest BCUT2D eigenvalue weighted by Gasteiger charge is 2.42. The van der Waals surface area contributed by atoms with Crippen LogP contribution in [0.25, 0.3) is 5.69 Å². The molecule has 1 aromatic carbocycles. The van der Waals surface area contributed by atoms with Gasteiger partial charge in [-0.25, -0.2) is 4.68 Å². The standard InChI is InChI=1S/C22H30N6O2/c1-16-5-7-18(8-6-16)28-14-17(12-24-28)13-26-10-11-27-20(15-26)21(29)25-19(22(27)30)4-2-3-9-23/h5-8,12,14,19-20H,2-4,9-11,13,15,23H2,1H3,(H,25,29)/t19-,20+/m0/s1. The highest BCUT2D eigenvalue weighted by atomic mass is 16.2. The molecule has 8 heteroatoms. The first-order valence-electron chi connectivity index (χ1n) is 10.7. The van der Waals surface area contributed by atoms with Gasteiger partial charge in [-0.05, 0) is 44.9 Å². The molecular formula is C22H30N6O2. The van der Waals surface area contributed by atoms with E-state index in [-0.39, 0.29) is 11.8 Å². The molecule has 2 aromatic rings. The van der Waals surface area contributed by atoms with Crippen LogP contribution in [0.4, 0.5) is 0 Å². The van der Waals surface area contributed by atoms with Crippen molar-refractivity contribution in [2.24, 2.45) is 5.73 Å². The van der Waals surface area contributed by atoms with Gasteiger partial charge in [0.15, 0.2) is 0 Å². The summed E-state index contributed by atoms with van der Waals surface area (Å²) >= 11 is 0. The van der Waals surface area contributed by atoms with E-state index in [0.29, 0.717) is 32.6 Å². The van der Waals surface area contributed by atoms with Gasteiger partial charge in [0.1, 0.15) is 12.1 Å². The van der Waals surface area contributed by atoms with Gasteiger partial charge >= 0.3 is 0 Å². The Kier molecular flexibility index (Phi) is 6.15. The van der Waals surface area contributed by atoms with Crippen LogP contribution in [0.15, 0.2) is 36.7 Å². The Hall–Kier alpha value is -2.71. The number of benzene rings is 1. The van der Waals surface area contributed by atoms with E-state index in [4.69, 9.17) is 5.73 Å². The predicted octanol–water partition coefficient (Wildman–Crippen LogP) is 0.821. The summed E-state index contributed by atoms with van der Waals surface area (Å²) in [7, 11) is 0. The zero-order valence-electron chi connectivity index (χ0n) is 17.5. The number of carbonyl (C=O) groups is 2. The number of rotatable bonds is 7. The number of nitrogens with one attached hydrogen (secondary N) is 1. The number of nitrogens with zero attached hydrogens (tertiary/aromatic N) is 4. The molecule has 0 radical (unpaired) electrons. The number of carbonyl (C=O) groups excluding carboxylic acids is 2. The summed E-state index contributed by atoms with van der Waals surface area (Å²) in [6.07, 6.45) is 6.27. The summed E-state index contributed by atoms with van der Waals surface area (Å²) in [4.78, 5) is 29.4. The van der Waals surface area contributed by atoms with E-state index in [1.807, 2.05) is 29.2 Å². The van der Waals surface area contributed by atoms with E-state index in [2.05, 4.69) is 34.4 Å². The summed E-state index contributed by atoms with van der Waals surface area (Å²) in [5, 5.41) is 7.40. The first-order valence-corrected chi connectivity index (χ1v) is 10.7. The van der Waals surface area contributed by atoms with Crippen molar-refractivity contribution in [1.29, 1.82) is 0 Å². The van der Waals surface area contributed by atoms with Crippen LogP contribution < -0.4 is 11.1 Å². The van der Waals surface area contributed by atoms with Gasteiger partial charge in [0.2, 0.25) is 11.8 Å². The summed E-state index contributed by atoms with van der Waals surface area (Å²) in [5.41, 5.74) is 8.86. The molecule has 2 aliphatic heterocycles. The van der Waals surface area contributed by atoms with Crippen LogP contribution in [0, 0.1) is 6.92 Å². The lowest BCUT2D eigenvalue weighted by atomic mass is 10.00. The van der Waals surface area contributed by atoms with Gasteiger partial charge in [0, 0.05) is 37.9 Å². The number of piperazine rings is 2. The van der Waals surface area contributed by atoms with E-state index in [1.54, 1.807) is 4.90 Å². The van der Waals surface area contributed by atoms with Crippen LogP contribution in [-0.2, 0) is 16.1 Å². The van der Waals surface area contributed by atoms with Crippen LogP contribution in [0.2, 0.25) is 0 Å². The molecule has 2 aliphatic rings. The van der Waals surface area contributed by atoms with Gasteiger partial charge in [0.05, 0.1) is 11.9 Å². The molecule has 0 bridgehead atoms. The van der Waals surface area contributed by atoms with E-state index in [1.165, 1.54) is 5.56 Å². The molecule has 160 valence electrons. The molecule has 2 fully saturated rings. The third kappa shape index (κ3) is 4.39. The molecule has 0 spiro atoms. The van der Waals surface area contributed by atoms with Crippen molar-refractivity contribution in [2.45, 2.75) is 44.8 Å². The Labute approximate surface area is 177 Å². The van der Waals surface area contributed by atoms with Gasteiger partial charge in [0.25, 0.3) is 0 Å². The second kappa shape index (κ2) is 8.97. The summed E-state index contributed by atoms with van der Waals surface area (Å²) < 4.78 is 1.87. The molecule has 3 heterocycles. The molecule has 0 saturated carbocycles. The summed E-state index contributed by atoms with van der Waals surface area (Å²) in [6, 6.07) is 7.42. The van der Waals surface area contributed by atoms with Crippen molar-refractivity contribution in [1.82, 2.24) is 24.9 Å². The van der Waals surface area contributed by atoms with Crippen molar-refractivity contribution >= 4 is 11.8 Å². The van der Waals surface area contributed by atoms with Crippen LogP contribution in [0.3, 0.4) is 0 Å². The minimum absolute atomic E-state index is 0.0449. The Balaban J connectivity index is 1.36. The zero-order valence-corrected chi connectivity index (χ0v) is 17.5. The molecule has 30 heavy (non-hydrogen) atoms. The molecule has 0 unspecified atom stereocenters. The molecule has 1 aromatic heterocycles. The Morgan fingerprint density at radius 2 is 1.97 bits per heavy atom. The summed E-state index contributed by atoms with van der Waals surface area (Å²) in [5.74, 6) is -0.00383. The quantitative estimate of drug-likeness (QED) is 0.659. The highest BCUT2D eigenvalue weighted by Crippen LogP contribution is 2.20.